The number of anilines is 2. The van der Waals surface area contributed by atoms with Crippen molar-refractivity contribution in [2.45, 2.75) is 0 Å². The highest BCUT2D eigenvalue weighted by atomic mass is 16.1. The van der Waals surface area contributed by atoms with Crippen LogP contribution >= 0.6 is 0 Å². The van der Waals surface area contributed by atoms with Crippen LogP contribution in [0.3, 0.4) is 0 Å². The lowest BCUT2D eigenvalue weighted by Crippen LogP contribution is -2.11. The minimum atomic E-state index is 0.616. The number of carbonyl (C=O) groups is 2. The van der Waals surface area contributed by atoms with E-state index in [2.05, 4.69) is 35.4 Å². The van der Waals surface area contributed by atoms with E-state index in [1.807, 2.05) is 97.1 Å². The molecular weight excluding hydrogens is 430 g/mol. The lowest BCUT2D eigenvalue weighted by atomic mass is 9.98. The minimum absolute atomic E-state index is 0.616. The summed E-state index contributed by atoms with van der Waals surface area (Å²) in [5.74, 6) is 0. The molecule has 5 rings (SSSR count). The van der Waals surface area contributed by atoms with Crippen molar-refractivity contribution in [3.8, 4) is 0 Å². The predicted molar refractivity (Wildman–Crippen MR) is 143 cm³/mol. The van der Waals surface area contributed by atoms with Crippen molar-refractivity contribution in [3.63, 3.8) is 0 Å². The molecule has 0 unspecified atom stereocenters. The van der Waals surface area contributed by atoms with Gasteiger partial charge in [-0.1, -0.05) is 84.9 Å². The highest BCUT2D eigenvalue weighted by Gasteiger charge is 2.15. The van der Waals surface area contributed by atoms with Crippen molar-refractivity contribution < 1.29 is 9.59 Å². The lowest BCUT2D eigenvalue weighted by Gasteiger charge is -2.25. The molecular formula is C32H23NO2. The molecule has 0 bridgehead atoms. The quantitative estimate of drug-likeness (QED) is 0.237. The SMILES string of the molecule is O=Cc1ccc(N(C=C(c2ccccc2)c2ccccc2)c2ccc(C=O)c3ccccc23)cc1. The van der Waals surface area contributed by atoms with Crippen LogP contribution in [0.2, 0.25) is 0 Å². The fourth-order valence-electron chi connectivity index (χ4n) is 4.30. The zero-order chi connectivity index (χ0) is 24.0. The molecule has 168 valence electrons. The molecule has 0 aliphatic rings. The standard InChI is InChI=1S/C32H23NO2/c34-22-24-15-18-28(19-16-24)33(32-20-17-27(23-35)29-13-7-8-14-30(29)32)21-31(25-9-3-1-4-10-25)26-11-5-2-6-12-26/h1-23H. The first-order chi connectivity index (χ1) is 17.3. The Morgan fingerprint density at radius 3 is 1.69 bits per heavy atom. The Morgan fingerprint density at radius 1 is 0.543 bits per heavy atom. The molecule has 3 nitrogen and oxygen atoms in total. The second-order valence-electron chi connectivity index (χ2n) is 8.19. The van der Waals surface area contributed by atoms with E-state index in [0.717, 1.165) is 51.4 Å². The van der Waals surface area contributed by atoms with Crippen LogP contribution in [0.4, 0.5) is 11.4 Å². The van der Waals surface area contributed by atoms with Crippen LogP contribution in [0.1, 0.15) is 31.8 Å². The fourth-order valence-corrected chi connectivity index (χ4v) is 4.30. The summed E-state index contributed by atoms with van der Waals surface area (Å²) in [4.78, 5) is 25.1. The molecule has 0 atom stereocenters. The second-order valence-corrected chi connectivity index (χ2v) is 8.19. The van der Waals surface area contributed by atoms with Crippen LogP contribution < -0.4 is 4.90 Å². The van der Waals surface area contributed by atoms with E-state index in [0.29, 0.717) is 11.1 Å². The Labute approximate surface area is 204 Å². The zero-order valence-corrected chi connectivity index (χ0v) is 19.0. The van der Waals surface area contributed by atoms with Crippen molar-refractivity contribution in [2.24, 2.45) is 0 Å². The Bertz CT molecular complexity index is 1460. The van der Waals surface area contributed by atoms with Gasteiger partial charge in [-0.3, -0.25) is 9.59 Å². The second kappa shape index (κ2) is 10.0. The molecule has 0 heterocycles. The lowest BCUT2D eigenvalue weighted by molar-refractivity contribution is 0.111. The molecule has 0 aliphatic heterocycles. The molecule has 5 aromatic carbocycles. The molecule has 0 fully saturated rings. The maximum Gasteiger partial charge on any atom is 0.150 e. The number of benzene rings is 5. The van der Waals surface area contributed by atoms with Gasteiger partial charge in [-0.25, -0.2) is 0 Å². The van der Waals surface area contributed by atoms with Crippen LogP contribution in [-0.4, -0.2) is 12.6 Å². The Morgan fingerprint density at radius 2 is 1.11 bits per heavy atom. The maximum atomic E-state index is 11.7. The summed E-state index contributed by atoms with van der Waals surface area (Å²) in [7, 11) is 0. The van der Waals surface area contributed by atoms with Crippen LogP contribution in [-0.2, 0) is 0 Å². The predicted octanol–water partition coefficient (Wildman–Crippen LogP) is 7.69. The molecule has 3 heteroatoms. The maximum absolute atomic E-state index is 11.7. The third-order valence-electron chi connectivity index (χ3n) is 6.06. The van der Waals surface area contributed by atoms with Crippen molar-refractivity contribution >= 4 is 40.3 Å². The van der Waals surface area contributed by atoms with Gasteiger partial charge in [0.15, 0.2) is 6.29 Å². The van der Waals surface area contributed by atoms with Gasteiger partial charge in [-0.15, -0.1) is 0 Å². The first-order valence-electron chi connectivity index (χ1n) is 11.4. The van der Waals surface area contributed by atoms with E-state index in [4.69, 9.17) is 0 Å². The summed E-state index contributed by atoms with van der Waals surface area (Å²) >= 11 is 0. The first-order valence-corrected chi connectivity index (χ1v) is 11.4. The number of rotatable bonds is 7. The number of aldehydes is 2. The number of carbonyl (C=O) groups excluding carboxylic acids is 2. The summed E-state index contributed by atoms with van der Waals surface area (Å²) < 4.78 is 0. The molecule has 0 N–H and O–H groups in total. The molecule has 35 heavy (non-hydrogen) atoms. The Balaban J connectivity index is 1.79. The van der Waals surface area contributed by atoms with E-state index >= 15 is 0 Å². The van der Waals surface area contributed by atoms with Crippen LogP contribution in [0.25, 0.3) is 16.3 Å². The minimum Gasteiger partial charge on any atom is -0.316 e. The number of fused-ring (bicyclic) bond motifs is 1. The van der Waals surface area contributed by atoms with Gasteiger partial charge in [-0.2, -0.15) is 0 Å². The van der Waals surface area contributed by atoms with Gasteiger partial charge < -0.3 is 4.90 Å². The van der Waals surface area contributed by atoms with Crippen LogP contribution in [0.5, 0.6) is 0 Å². The molecule has 0 saturated carbocycles. The molecule has 0 aromatic heterocycles. The summed E-state index contributed by atoms with van der Waals surface area (Å²) in [6.45, 7) is 0. The molecule has 5 aromatic rings. The van der Waals surface area contributed by atoms with E-state index < -0.39 is 0 Å². The van der Waals surface area contributed by atoms with Crippen molar-refractivity contribution in [1.82, 2.24) is 0 Å². The summed E-state index contributed by atoms with van der Waals surface area (Å²) in [6.07, 6.45) is 3.87. The van der Waals surface area contributed by atoms with E-state index in [1.54, 1.807) is 0 Å². The fraction of sp³-hybridized carbons (Fsp3) is 0. The van der Waals surface area contributed by atoms with Gasteiger partial charge in [-0.05, 0) is 52.9 Å². The third-order valence-corrected chi connectivity index (χ3v) is 6.06. The number of hydrogen-bond donors (Lipinski definition) is 0. The Hall–Kier alpha value is -4.76. The Kier molecular flexibility index (Phi) is 6.31. The van der Waals surface area contributed by atoms with E-state index in [9.17, 15) is 9.59 Å². The smallest absolute Gasteiger partial charge is 0.150 e. The summed E-state index contributed by atoms with van der Waals surface area (Å²) in [5, 5.41) is 1.86. The van der Waals surface area contributed by atoms with Gasteiger partial charge in [0.1, 0.15) is 6.29 Å². The monoisotopic (exact) mass is 453 g/mol. The molecule has 0 aliphatic carbocycles. The highest BCUT2D eigenvalue weighted by Crippen LogP contribution is 2.36. The van der Waals surface area contributed by atoms with Gasteiger partial charge in [0.25, 0.3) is 0 Å². The zero-order valence-electron chi connectivity index (χ0n) is 19.0. The molecule has 0 spiro atoms. The van der Waals surface area contributed by atoms with Crippen molar-refractivity contribution in [1.29, 1.82) is 0 Å². The first kappa shape index (κ1) is 22.1. The molecule has 0 amide bonds. The van der Waals surface area contributed by atoms with E-state index in [1.165, 1.54) is 0 Å². The normalized spacial score (nSPS) is 10.5. The van der Waals surface area contributed by atoms with Crippen LogP contribution in [0.15, 0.2) is 128 Å². The topological polar surface area (TPSA) is 37.4 Å². The van der Waals surface area contributed by atoms with Gasteiger partial charge in [0.2, 0.25) is 0 Å². The average molecular weight is 454 g/mol. The van der Waals surface area contributed by atoms with Crippen LogP contribution in [0, 0.1) is 0 Å². The summed E-state index contributed by atoms with van der Waals surface area (Å²) in [6, 6.07) is 39.8. The molecule has 0 radical (unpaired) electrons. The van der Waals surface area contributed by atoms with Gasteiger partial charge in [0.05, 0.1) is 5.69 Å². The van der Waals surface area contributed by atoms with Gasteiger partial charge in [0, 0.05) is 34.0 Å². The van der Waals surface area contributed by atoms with Crippen molar-refractivity contribution in [2.75, 3.05) is 4.90 Å². The largest absolute Gasteiger partial charge is 0.316 e. The number of hydrogen-bond acceptors (Lipinski definition) is 3. The third kappa shape index (κ3) is 4.53. The summed E-state index contributed by atoms with van der Waals surface area (Å²) in [5.41, 5.74) is 6.33. The van der Waals surface area contributed by atoms with Gasteiger partial charge >= 0.3 is 0 Å². The molecule has 0 saturated heterocycles. The van der Waals surface area contributed by atoms with Crippen molar-refractivity contribution in [3.05, 3.63) is 150 Å². The van der Waals surface area contributed by atoms with E-state index in [-0.39, 0.29) is 0 Å². The number of nitrogens with zero attached hydrogens (tertiary/aromatic N) is 1. The highest BCUT2D eigenvalue weighted by molar-refractivity contribution is 6.05. The average Bonchev–Trinajstić information content (AvgIpc) is 2.94.